The lowest BCUT2D eigenvalue weighted by atomic mass is 9.98. The van der Waals surface area contributed by atoms with Crippen LogP contribution in [0.15, 0.2) is 11.7 Å². The summed E-state index contributed by atoms with van der Waals surface area (Å²) >= 11 is 1.80. The lowest BCUT2D eigenvalue weighted by Gasteiger charge is -2.38. The van der Waals surface area contributed by atoms with Crippen molar-refractivity contribution in [1.29, 1.82) is 0 Å². The van der Waals surface area contributed by atoms with E-state index in [9.17, 15) is 0 Å². The standard InChI is InChI=1S/C12H19N3S/c1-2-6-15-10(3-1)4-5-13-7-11(15)12-8-14-9-16-12/h8-11,13H,1-7H2. The first-order chi connectivity index (χ1) is 7.95. The molecule has 88 valence electrons. The molecule has 0 amide bonds. The highest BCUT2D eigenvalue weighted by atomic mass is 32.1. The highest BCUT2D eigenvalue weighted by molar-refractivity contribution is 7.09. The molecule has 2 aliphatic rings. The zero-order valence-corrected chi connectivity index (χ0v) is 10.4. The molecule has 1 N–H and O–H groups in total. The van der Waals surface area contributed by atoms with Crippen LogP contribution in [-0.4, -0.2) is 35.6 Å². The summed E-state index contributed by atoms with van der Waals surface area (Å²) in [5.41, 5.74) is 1.96. The van der Waals surface area contributed by atoms with Crippen molar-refractivity contribution in [3.63, 3.8) is 0 Å². The van der Waals surface area contributed by atoms with Crippen LogP contribution in [0.1, 0.15) is 36.6 Å². The first-order valence-corrected chi connectivity index (χ1v) is 7.18. The van der Waals surface area contributed by atoms with Crippen LogP contribution in [0.4, 0.5) is 0 Å². The summed E-state index contributed by atoms with van der Waals surface area (Å²) in [6.07, 6.45) is 7.53. The van der Waals surface area contributed by atoms with Crippen LogP contribution >= 0.6 is 11.3 Å². The van der Waals surface area contributed by atoms with Gasteiger partial charge in [0.25, 0.3) is 0 Å². The van der Waals surface area contributed by atoms with Crippen LogP contribution < -0.4 is 5.32 Å². The molecule has 2 fully saturated rings. The van der Waals surface area contributed by atoms with Crippen molar-refractivity contribution < 1.29 is 0 Å². The second-order valence-electron chi connectivity index (χ2n) is 4.80. The van der Waals surface area contributed by atoms with E-state index >= 15 is 0 Å². The van der Waals surface area contributed by atoms with E-state index in [1.807, 2.05) is 11.7 Å². The predicted molar refractivity (Wildman–Crippen MR) is 66.7 cm³/mol. The number of nitrogens with zero attached hydrogens (tertiary/aromatic N) is 2. The molecule has 0 radical (unpaired) electrons. The molecule has 0 saturated carbocycles. The van der Waals surface area contributed by atoms with Crippen molar-refractivity contribution in [2.75, 3.05) is 19.6 Å². The molecule has 3 rings (SSSR count). The Balaban J connectivity index is 1.84. The van der Waals surface area contributed by atoms with E-state index < -0.39 is 0 Å². The molecule has 3 nitrogen and oxygen atoms in total. The third-order valence-corrected chi connectivity index (χ3v) is 4.72. The van der Waals surface area contributed by atoms with Gasteiger partial charge in [-0.05, 0) is 32.4 Å². The first-order valence-electron chi connectivity index (χ1n) is 6.30. The Labute approximate surface area is 101 Å². The van der Waals surface area contributed by atoms with Gasteiger partial charge in [0.2, 0.25) is 0 Å². The van der Waals surface area contributed by atoms with Gasteiger partial charge in [0.05, 0.1) is 11.6 Å². The minimum Gasteiger partial charge on any atom is -0.315 e. The third-order valence-electron chi connectivity index (χ3n) is 3.84. The first kappa shape index (κ1) is 10.7. The Morgan fingerprint density at radius 1 is 1.38 bits per heavy atom. The van der Waals surface area contributed by atoms with Gasteiger partial charge in [0.15, 0.2) is 0 Å². The van der Waals surface area contributed by atoms with E-state index in [0.717, 1.165) is 12.6 Å². The Morgan fingerprint density at radius 3 is 3.25 bits per heavy atom. The molecule has 1 aromatic heterocycles. The molecule has 0 bridgehead atoms. The van der Waals surface area contributed by atoms with Crippen molar-refractivity contribution in [2.45, 2.75) is 37.8 Å². The van der Waals surface area contributed by atoms with Gasteiger partial charge < -0.3 is 5.32 Å². The number of hydrogen-bond donors (Lipinski definition) is 1. The summed E-state index contributed by atoms with van der Waals surface area (Å²) < 4.78 is 0. The smallest absolute Gasteiger partial charge is 0.0794 e. The van der Waals surface area contributed by atoms with E-state index in [2.05, 4.69) is 15.2 Å². The van der Waals surface area contributed by atoms with Gasteiger partial charge in [-0.1, -0.05) is 6.42 Å². The number of thiazole rings is 1. The van der Waals surface area contributed by atoms with Crippen molar-refractivity contribution in [3.8, 4) is 0 Å². The maximum absolute atomic E-state index is 4.23. The molecule has 2 atom stereocenters. The minimum absolute atomic E-state index is 0.570. The van der Waals surface area contributed by atoms with Crippen LogP contribution in [0.5, 0.6) is 0 Å². The number of fused-ring (bicyclic) bond motifs is 1. The number of nitrogens with one attached hydrogen (secondary N) is 1. The summed E-state index contributed by atoms with van der Waals surface area (Å²) in [5, 5.41) is 3.58. The lowest BCUT2D eigenvalue weighted by Crippen LogP contribution is -2.42. The summed E-state index contributed by atoms with van der Waals surface area (Å²) in [5.74, 6) is 0. The van der Waals surface area contributed by atoms with E-state index in [0.29, 0.717) is 6.04 Å². The molecule has 2 saturated heterocycles. The van der Waals surface area contributed by atoms with Crippen molar-refractivity contribution in [1.82, 2.24) is 15.2 Å². The minimum atomic E-state index is 0.570. The molecule has 2 unspecified atom stereocenters. The lowest BCUT2D eigenvalue weighted by molar-refractivity contribution is 0.105. The highest BCUT2D eigenvalue weighted by Gasteiger charge is 2.31. The summed E-state index contributed by atoms with van der Waals surface area (Å²) in [4.78, 5) is 8.38. The Bertz CT molecular complexity index is 325. The molecule has 1 aromatic rings. The Morgan fingerprint density at radius 2 is 2.38 bits per heavy atom. The zero-order chi connectivity index (χ0) is 10.8. The number of aromatic nitrogens is 1. The number of hydrogen-bond acceptors (Lipinski definition) is 4. The van der Waals surface area contributed by atoms with Crippen LogP contribution in [0.2, 0.25) is 0 Å². The SMILES string of the molecule is c1ncc(C2CNCCC3CCCCN32)s1. The normalized spacial score (nSPS) is 32.0. The molecule has 0 aromatic carbocycles. The van der Waals surface area contributed by atoms with Crippen molar-refractivity contribution in [2.24, 2.45) is 0 Å². The largest absolute Gasteiger partial charge is 0.315 e. The van der Waals surface area contributed by atoms with E-state index in [1.54, 1.807) is 11.3 Å². The maximum Gasteiger partial charge on any atom is 0.0794 e. The summed E-state index contributed by atoms with van der Waals surface area (Å²) in [6.45, 7) is 3.55. The van der Waals surface area contributed by atoms with Gasteiger partial charge in [-0.15, -0.1) is 11.3 Å². The van der Waals surface area contributed by atoms with Crippen LogP contribution in [0.3, 0.4) is 0 Å². The van der Waals surface area contributed by atoms with E-state index in [-0.39, 0.29) is 0 Å². The molecule has 4 heteroatoms. The maximum atomic E-state index is 4.23. The quantitative estimate of drug-likeness (QED) is 0.810. The van der Waals surface area contributed by atoms with Gasteiger partial charge in [0, 0.05) is 23.7 Å². The third kappa shape index (κ3) is 2.01. The predicted octanol–water partition coefficient (Wildman–Crippen LogP) is 2.03. The van der Waals surface area contributed by atoms with Gasteiger partial charge in [-0.25, -0.2) is 0 Å². The van der Waals surface area contributed by atoms with Gasteiger partial charge >= 0.3 is 0 Å². The average molecular weight is 237 g/mol. The number of rotatable bonds is 1. The molecule has 2 aliphatic heterocycles. The van der Waals surface area contributed by atoms with Crippen molar-refractivity contribution in [3.05, 3.63) is 16.6 Å². The molecule has 0 spiro atoms. The van der Waals surface area contributed by atoms with E-state index in [1.165, 1.54) is 43.6 Å². The zero-order valence-electron chi connectivity index (χ0n) is 9.56. The molecule has 16 heavy (non-hydrogen) atoms. The van der Waals surface area contributed by atoms with Gasteiger partial charge in [0.1, 0.15) is 0 Å². The Kier molecular flexibility index (Phi) is 3.22. The van der Waals surface area contributed by atoms with Crippen LogP contribution in [0.25, 0.3) is 0 Å². The molecule has 0 aliphatic carbocycles. The summed E-state index contributed by atoms with van der Waals surface area (Å²) in [7, 11) is 0. The monoisotopic (exact) mass is 237 g/mol. The van der Waals surface area contributed by atoms with Gasteiger partial charge in [-0.2, -0.15) is 0 Å². The van der Waals surface area contributed by atoms with Gasteiger partial charge in [-0.3, -0.25) is 9.88 Å². The van der Waals surface area contributed by atoms with Crippen molar-refractivity contribution >= 4 is 11.3 Å². The fourth-order valence-corrected chi connectivity index (χ4v) is 3.76. The second kappa shape index (κ2) is 4.82. The Hall–Kier alpha value is -0.450. The molecular weight excluding hydrogens is 218 g/mol. The average Bonchev–Trinajstić information content (AvgIpc) is 2.76. The molecule has 3 heterocycles. The van der Waals surface area contributed by atoms with Crippen LogP contribution in [0, 0.1) is 0 Å². The second-order valence-corrected chi connectivity index (χ2v) is 5.72. The van der Waals surface area contributed by atoms with E-state index in [4.69, 9.17) is 0 Å². The van der Waals surface area contributed by atoms with Crippen LogP contribution in [-0.2, 0) is 0 Å². The topological polar surface area (TPSA) is 28.2 Å². The fourth-order valence-electron chi connectivity index (χ4n) is 3.02. The molecular formula is C12H19N3S. The fraction of sp³-hybridized carbons (Fsp3) is 0.750. The number of piperidine rings is 1. The highest BCUT2D eigenvalue weighted by Crippen LogP contribution is 2.32. The summed E-state index contributed by atoms with van der Waals surface area (Å²) in [6, 6.07) is 1.37.